The molecule has 0 aromatic heterocycles. The van der Waals surface area contributed by atoms with E-state index in [1.165, 1.54) is 0 Å². The van der Waals surface area contributed by atoms with Crippen molar-refractivity contribution in [3.05, 3.63) is 29.3 Å². The fourth-order valence-electron chi connectivity index (χ4n) is 1.47. The zero-order valence-corrected chi connectivity index (χ0v) is 9.97. The van der Waals surface area contributed by atoms with Crippen LogP contribution in [-0.4, -0.2) is 18.6 Å². The lowest BCUT2D eigenvalue weighted by Crippen LogP contribution is -2.26. The number of carbonyl (C=O) groups is 1. The summed E-state index contributed by atoms with van der Waals surface area (Å²) in [5, 5.41) is 2.41. The number of rotatable bonds is 4. The van der Waals surface area contributed by atoms with Gasteiger partial charge in [0.2, 0.25) is 0 Å². The van der Waals surface area contributed by atoms with E-state index >= 15 is 0 Å². The molecule has 1 rings (SSSR count). The van der Waals surface area contributed by atoms with Crippen LogP contribution in [-0.2, 0) is 0 Å². The summed E-state index contributed by atoms with van der Waals surface area (Å²) in [6, 6.07) is 4.93. The number of benzene rings is 1. The van der Waals surface area contributed by atoms with Crippen LogP contribution in [0.1, 0.15) is 28.8 Å². The van der Waals surface area contributed by atoms with Crippen molar-refractivity contribution in [1.82, 2.24) is 5.32 Å². The first kappa shape index (κ1) is 14.3. The van der Waals surface area contributed by atoms with Gasteiger partial charge in [-0.15, -0.1) is 0 Å². The molecule has 0 saturated heterocycles. The maximum absolute atomic E-state index is 11.9. The van der Waals surface area contributed by atoms with E-state index in [4.69, 9.17) is 5.73 Å². The second-order valence-electron chi connectivity index (χ2n) is 4.07. The van der Waals surface area contributed by atoms with Crippen LogP contribution in [0.2, 0.25) is 0 Å². The minimum absolute atomic E-state index is 0.0222. The summed E-state index contributed by atoms with van der Waals surface area (Å²) < 4.78 is 35.6. The van der Waals surface area contributed by atoms with Gasteiger partial charge in [0, 0.05) is 18.7 Å². The smallest absolute Gasteiger partial charge is 0.389 e. The Kier molecular flexibility index (Phi) is 4.58. The molecule has 1 aromatic rings. The summed E-state index contributed by atoms with van der Waals surface area (Å²) in [6.07, 6.45) is -5.23. The van der Waals surface area contributed by atoms with Gasteiger partial charge in [-0.25, -0.2) is 0 Å². The van der Waals surface area contributed by atoms with E-state index in [2.05, 4.69) is 5.32 Å². The Bertz CT molecular complexity index is 430. The Morgan fingerprint density at radius 2 is 2.06 bits per heavy atom. The minimum Gasteiger partial charge on any atom is -0.398 e. The third kappa shape index (κ3) is 4.65. The average molecular weight is 260 g/mol. The summed E-state index contributed by atoms with van der Waals surface area (Å²) in [5.74, 6) is -0.449. The zero-order chi connectivity index (χ0) is 13.8. The second-order valence-corrected chi connectivity index (χ2v) is 4.07. The van der Waals surface area contributed by atoms with Crippen LogP contribution in [0.25, 0.3) is 0 Å². The fraction of sp³-hybridized carbons (Fsp3) is 0.417. The molecule has 3 nitrogen and oxygen atoms in total. The molecule has 0 unspecified atom stereocenters. The van der Waals surface area contributed by atoms with E-state index in [0.717, 1.165) is 5.56 Å². The van der Waals surface area contributed by atoms with Crippen LogP contribution in [0.3, 0.4) is 0 Å². The molecule has 1 amide bonds. The van der Waals surface area contributed by atoms with Gasteiger partial charge in [0.25, 0.3) is 5.91 Å². The molecule has 0 bridgehead atoms. The van der Waals surface area contributed by atoms with Gasteiger partial charge in [-0.05, 0) is 31.0 Å². The highest BCUT2D eigenvalue weighted by Gasteiger charge is 2.26. The van der Waals surface area contributed by atoms with Crippen LogP contribution in [0.15, 0.2) is 18.2 Å². The Morgan fingerprint density at radius 3 is 2.61 bits per heavy atom. The molecule has 0 radical (unpaired) electrons. The summed E-state index contributed by atoms with van der Waals surface area (Å²) in [5.41, 5.74) is 7.18. The van der Waals surface area contributed by atoms with Crippen molar-refractivity contribution >= 4 is 11.6 Å². The van der Waals surface area contributed by atoms with Gasteiger partial charge in [0.05, 0.1) is 5.56 Å². The van der Waals surface area contributed by atoms with E-state index in [0.29, 0.717) is 5.69 Å². The summed E-state index contributed by atoms with van der Waals surface area (Å²) in [4.78, 5) is 11.6. The summed E-state index contributed by atoms with van der Waals surface area (Å²) >= 11 is 0. The molecule has 6 heteroatoms. The van der Waals surface area contributed by atoms with Crippen molar-refractivity contribution < 1.29 is 18.0 Å². The number of nitrogen functional groups attached to an aromatic ring is 1. The van der Waals surface area contributed by atoms with Gasteiger partial charge in [0.15, 0.2) is 0 Å². The van der Waals surface area contributed by atoms with Gasteiger partial charge in [-0.2, -0.15) is 13.2 Å². The number of nitrogens with two attached hydrogens (primary N) is 1. The highest BCUT2D eigenvalue weighted by Crippen LogP contribution is 2.20. The maximum atomic E-state index is 11.9. The van der Waals surface area contributed by atoms with E-state index in [-0.39, 0.29) is 18.5 Å². The lowest BCUT2D eigenvalue weighted by Gasteiger charge is -2.09. The first-order valence-electron chi connectivity index (χ1n) is 5.50. The molecule has 0 heterocycles. The van der Waals surface area contributed by atoms with E-state index in [9.17, 15) is 18.0 Å². The van der Waals surface area contributed by atoms with Crippen LogP contribution in [0, 0.1) is 6.92 Å². The molecule has 0 saturated carbocycles. The van der Waals surface area contributed by atoms with Crippen LogP contribution in [0.4, 0.5) is 18.9 Å². The third-order valence-electron chi connectivity index (χ3n) is 2.37. The predicted octanol–water partition coefficient (Wildman–Crippen LogP) is 2.65. The van der Waals surface area contributed by atoms with Crippen molar-refractivity contribution in [3.63, 3.8) is 0 Å². The summed E-state index contributed by atoms with van der Waals surface area (Å²) in [7, 11) is 0. The van der Waals surface area contributed by atoms with Crippen LogP contribution >= 0.6 is 0 Å². The fourth-order valence-corrected chi connectivity index (χ4v) is 1.47. The summed E-state index contributed by atoms with van der Waals surface area (Å²) in [6.45, 7) is 1.81. The molecule has 1 aromatic carbocycles. The number of anilines is 1. The maximum Gasteiger partial charge on any atom is 0.389 e. The molecule has 3 N–H and O–H groups in total. The monoisotopic (exact) mass is 260 g/mol. The molecular weight excluding hydrogens is 245 g/mol. The SMILES string of the molecule is Cc1ccc(C(=O)NCCCC(F)(F)F)c(N)c1. The Hall–Kier alpha value is -1.72. The van der Waals surface area contributed by atoms with E-state index < -0.39 is 18.5 Å². The number of halogens is 3. The number of nitrogens with one attached hydrogen (secondary N) is 1. The molecule has 0 aliphatic carbocycles. The number of amides is 1. The topological polar surface area (TPSA) is 55.1 Å². The number of hydrogen-bond acceptors (Lipinski definition) is 2. The van der Waals surface area contributed by atoms with Crippen molar-refractivity contribution in [3.8, 4) is 0 Å². The largest absolute Gasteiger partial charge is 0.398 e. The van der Waals surface area contributed by atoms with Crippen LogP contribution in [0.5, 0.6) is 0 Å². The van der Waals surface area contributed by atoms with Gasteiger partial charge in [0.1, 0.15) is 0 Å². The number of alkyl halides is 3. The highest BCUT2D eigenvalue weighted by atomic mass is 19.4. The standard InChI is InChI=1S/C12H15F3N2O/c1-8-3-4-9(10(16)7-8)11(18)17-6-2-5-12(13,14)15/h3-4,7H,2,5-6,16H2,1H3,(H,17,18). The normalized spacial score (nSPS) is 11.3. The minimum atomic E-state index is -4.19. The van der Waals surface area contributed by atoms with Gasteiger partial charge in [-0.1, -0.05) is 6.07 Å². The van der Waals surface area contributed by atoms with Crippen molar-refractivity contribution in [2.24, 2.45) is 0 Å². The number of hydrogen-bond donors (Lipinski definition) is 2. The van der Waals surface area contributed by atoms with Gasteiger partial charge in [-0.3, -0.25) is 4.79 Å². The molecule has 0 atom stereocenters. The van der Waals surface area contributed by atoms with Gasteiger partial charge < -0.3 is 11.1 Å². The highest BCUT2D eigenvalue weighted by molar-refractivity contribution is 5.99. The molecule has 0 aliphatic rings. The molecular formula is C12H15F3N2O. The predicted molar refractivity (Wildman–Crippen MR) is 63.2 cm³/mol. The average Bonchev–Trinajstić information content (AvgIpc) is 2.22. The zero-order valence-electron chi connectivity index (χ0n) is 9.97. The molecule has 100 valence electrons. The second kappa shape index (κ2) is 5.75. The Labute approximate surface area is 103 Å². The van der Waals surface area contributed by atoms with E-state index in [1.54, 1.807) is 18.2 Å². The molecule has 18 heavy (non-hydrogen) atoms. The number of carbonyl (C=O) groups excluding carboxylic acids is 1. The van der Waals surface area contributed by atoms with Crippen molar-refractivity contribution in [1.29, 1.82) is 0 Å². The Morgan fingerprint density at radius 1 is 1.39 bits per heavy atom. The lowest BCUT2D eigenvalue weighted by molar-refractivity contribution is -0.135. The molecule has 0 fully saturated rings. The first-order valence-corrected chi connectivity index (χ1v) is 5.50. The van der Waals surface area contributed by atoms with Crippen molar-refractivity contribution in [2.75, 3.05) is 12.3 Å². The third-order valence-corrected chi connectivity index (χ3v) is 2.37. The molecule has 0 aliphatic heterocycles. The number of aryl methyl sites for hydroxylation is 1. The van der Waals surface area contributed by atoms with Crippen LogP contribution < -0.4 is 11.1 Å². The first-order chi connectivity index (χ1) is 8.29. The van der Waals surface area contributed by atoms with E-state index in [1.807, 2.05) is 6.92 Å². The van der Waals surface area contributed by atoms with Crippen molar-refractivity contribution in [2.45, 2.75) is 25.9 Å². The lowest BCUT2D eigenvalue weighted by atomic mass is 10.1. The molecule has 0 spiro atoms. The quantitative estimate of drug-likeness (QED) is 0.646. The van der Waals surface area contributed by atoms with Gasteiger partial charge >= 0.3 is 6.18 Å². The Balaban J connectivity index is 2.46.